The van der Waals surface area contributed by atoms with Crippen LogP contribution in [0.2, 0.25) is 0 Å². The van der Waals surface area contributed by atoms with Crippen molar-refractivity contribution in [1.82, 2.24) is 5.16 Å². The summed E-state index contributed by atoms with van der Waals surface area (Å²) in [5.41, 5.74) is 1.14. The van der Waals surface area contributed by atoms with Crippen LogP contribution in [-0.4, -0.2) is 26.6 Å². The van der Waals surface area contributed by atoms with Gasteiger partial charge in [0.05, 0.1) is 16.1 Å². The molecule has 0 saturated carbocycles. The van der Waals surface area contributed by atoms with Crippen LogP contribution in [0, 0.1) is 6.92 Å². The molecule has 0 bridgehead atoms. The van der Waals surface area contributed by atoms with E-state index in [0.717, 1.165) is 4.31 Å². The Morgan fingerprint density at radius 1 is 1.11 bits per heavy atom. The van der Waals surface area contributed by atoms with Crippen LogP contribution < -0.4 is 4.31 Å². The highest BCUT2D eigenvalue weighted by Crippen LogP contribution is 2.22. The molecule has 140 valence electrons. The Labute approximate surface area is 157 Å². The van der Waals surface area contributed by atoms with E-state index in [1.807, 2.05) is 0 Å². The fourth-order valence-electron chi connectivity index (χ4n) is 2.43. The van der Waals surface area contributed by atoms with E-state index in [9.17, 15) is 13.2 Å². The molecule has 2 aromatic carbocycles. The van der Waals surface area contributed by atoms with Gasteiger partial charge in [0.15, 0.2) is 0 Å². The predicted octanol–water partition coefficient (Wildman–Crippen LogP) is 3.17. The highest BCUT2D eigenvalue weighted by molar-refractivity contribution is 7.92. The van der Waals surface area contributed by atoms with E-state index in [-0.39, 0.29) is 17.1 Å². The number of aromatic nitrogens is 1. The number of hydrogen-bond donors (Lipinski definition) is 0. The highest BCUT2D eigenvalue weighted by atomic mass is 32.2. The summed E-state index contributed by atoms with van der Waals surface area (Å²) < 4.78 is 36.9. The molecule has 27 heavy (non-hydrogen) atoms. The quantitative estimate of drug-likeness (QED) is 0.605. The van der Waals surface area contributed by atoms with Crippen LogP contribution in [0.5, 0.6) is 0 Å². The maximum atomic E-state index is 12.8. The average Bonchev–Trinajstić information content (AvgIpc) is 3.11. The average molecular weight is 386 g/mol. The summed E-state index contributed by atoms with van der Waals surface area (Å²) in [5.74, 6) is -0.0341. The summed E-state index contributed by atoms with van der Waals surface area (Å²) in [6.07, 6.45) is 0. The Kier molecular flexibility index (Phi) is 5.27. The van der Waals surface area contributed by atoms with Crippen molar-refractivity contribution in [3.8, 4) is 0 Å². The summed E-state index contributed by atoms with van der Waals surface area (Å²) >= 11 is 0. The molecule has 8 heteroatoms. The van der Waals surface area contributed by atoms with Crippen molar-refractivity contribution in [1.29, 1.82) is 0 Å². The van der Waals surface area contributed by atoms with E-state index in [4.69, 9.17) is 9.26 Å². The second-order valence-corrected chi connectivity index (χ2v) is 7.81. The minimum atomic E-state index is -3.81. The van der Waals surface area contributed by atoms with E-state index < -0.39 is 16.0 Å². The first-order valence-electron chi connectivity index (χ1n) is 8.11. The van der Waals surface area contributed by atoms with E-state index in [2.05, 4.69) is 5.16 Å². The van der Waals surface area contributed by atoms with Crippen molar-refractivity contribution in [3.05, 3.63) is 77.7 Å². The molecule has 1 heterocycles. The van der Waals surface area contributed by atoms with Gasteiger partial charge in [-0.25, -0.2) is 13.2 Å². The molecule has 0 amide bonds. The van der Waals surface area contributed by atoms with Crippen LogP contribution in [0.4, 0.5) is 5.69 Å². The number of sulfonamides is 1. The van der Waals surface area contributed by atoms with Gasteiger partial charge in [-0.15, -0.1) is 0 Å². The first-order valence-corrected chi connectivity index (χ1v) is 9.55. The summed E-state index contributed by atoms with van der Waals surface area (Å²) in [7, 11) is -2.35. The Hall–Kier alpha value is -3.13. The third-order valence-electron chi connectivity index (χ3n) is 3.88. The van der Waals surface area contributed by atoms with E-state index in [0.29, 0.717) is 17.1 Å². The van der Waals surface area contributed by atoms with Crippen LogP contribution in [-0.2, 0) is 21.4 Å². The first-order chi connectivity index (χ1) is 12.9. The van der Waals surface area contributed by atoms with Crippen molar-refractivity contribution in [2.24, 2.45) is 0 Å². The lowest BCUT2D eigenvalue weighted by Crippen LogP contribution is -2.26. The Morgan fingerprint density at radius 3 is 2.52 bits per heavy atom. The number of ether oxygens (including phenoxy) is 1. The topological polar surface area (TPSA) is 89.7 Å². The van der Waals surface area contributed by atoms with Gasteiger partial charge < -0.3 is 9.26 Å². The molecule has 0 N–H and O–H groups in total. The third-order valence-corrected chi connectivity index (χ3v) is 5.66. The molecule has 0 unspecified atom stereocenters. The number of carbonyl (C=O) groups excluding carboxylic acids is 1. The standard InChI is InChI=1S/C19H18N2O5S/c1-14-11-16(20-26-14)13-25-19(22)15-7-6-10-18(12-15)27(23,24)21(2)17-8-4-3-5-9-17/h3-12H,13H2,1-2H3. The number of nitrogens with zero attached hydrogens (tertiary/aromatic N) is 2. The summed E-state index contributed by atoms with van der Waals surface area (Å²) in [6.45, 7) is 1.67. The third kappa shape index (κ3) is 4.17. The molecule has 3 rings (SSSR count). The lowest BCUT2D eigenvalue weighted by molar-refractivity contribution is 0.0464. The zero-order chi connectivity index (χ0) is 19.4. The molecule has 1 aromatic heterocycles. The lowest BCUT2D eigenvalue weighted by Gasteiger charge is -2.19. The Morgan fingerprint density at radius 2 is 1.85 bits per heavy atom. The summed E-state index contributed by atoms with van der Waals surface area (Å²) in [6, 6.07) is 16.1. The molecule has 0 atom stereocenters. The van der Waals surface area contributed by atoms with Gasteiger partial charge in [-0.3, -0.25) is 4.31 Å². The Balaban J connectivity index is 1.79. The molecule has 0 spiro atoms. The second-order valence-electron chi connectivity index (χ2n) is 5.84. The number of hydrogen-bond acceptors (Lipinski definition) is 6. The smallest absolute Gasteiger partial charge is 0.338 e. The molecule has 7 nitrogen and oxygen atoms in total. The van der Waals surface area contributed by atoms with Gasteiger partial charge in [0.1, 0.15) is 18.1 Å². The van der Waals surface area contributed by atoms with Crippen LogP contribution in [0.25, 0.3) is 0 Å². The zero-order valence-electron chi connectivity index (χ0n) is 14.8. The maximum Gasteiger partial charge on any atom is 0.338 e. The van der Waals surface area contributed by atoms with Crippen molar-refractivity contribution in [2.75, 3.05) is 11.4 Å². The predicted molar refractivity (Wildman–Crippen MR) is 98.8 cm³/mol. The van der Waals surface area contributed by atoms with Crippen LogP contribution in [0.1, 0.15) is 21.8 Å². The summed E-state index contributed by atoms with van der Waals surface area (Å²) in [4.78, 5) is 12.3. The minimum Gasteiger partial charge on any atom is -0.455 e. The molecule has 0 fully saturated rings. The number of rotatable bonds is 6. The zero-order valence-corrected chi connectivity index (χ0v) is 15.6. The number of para-hydroxylation sites is 1. The van der Waals surface area contributed by atoms with Crippen molar-refractivity contribution < 1.29 is 22.5 Å². The van der Waals surface area contributed by atoms with Gasteiger partial charge in [0.25, 0.3) is 10.0 Å². The van der Waals surface area contributed by atoms with Gasteiger partial charge in [0.2, 0.25) is 0 Å². The minimum absolute atomic E-state index is 0.000540. The van der Waals surface area contributed by atoms with Crippen LogP contribution in [0.3, 0.4) is 0 Å². The van der Waals surface area contributed by atoms with Crippen molar-refractivity contribution >= 4 is 21.7 Å². The van der Waals surface area contributed by atoms with E-state index in [1.165, 1.54) is 31.3 Å². The van der Waals surface area contributed by atoms with Crippen molar-refractivity contribution in [3.63, 3.8) is 0 Å². The fraction of sp³-hybridized carbons (Fsp3) is 0.158. The molecule has 0 aliphatic heterocycles. The molecule has 0 aliphatic carbocycles. The largest absolute Gasteiger partial charge is 0.455 e. The van der Waals surface area contributed by atoms with Gasteiger partial charge >= 0.3 is 5.97 Å². The monoisotopic (exact) mass is 386 g/mol. The maximum absolute atomic E-state index is 12.8. The molecule has 0 saturated heterocycles. The molecular formula is C19H18N2O5S. The number of carbonyl (C=O) groups is 1. The van der Waals surface area contributed by atoms with Gasteiger partial charge in [0, 0.05) is 13.1 Å². The molecular weight excluding hydrogens is 368 g/mol. The van der Waals surface area contributed by atoms with E-state index in [1.54, 1.807) is 43.3 Å². The second kappa shape index (κ2) is 7.63. The number of aryl methyl sites for hydroxylation is 1. The number of benzene rings is 2. The molecule has 0 radical (unpaired) electrons. The SMILES string of the molecule is Cc1cc(COC(=O)c2cccc(S(=O)(=O)N(C)c3ccccc3)c2)no1. The van der Waals surface area contributed by atoms with Crippen LogP contribution in [0.15, 0.2) is 70.1 Å². The number of anilines is 1. The van der Waals surface area contributed by atoms with Gasteiger partial charge in [-0.05, 0) is 37.3 Å². The normalized spacial score (nSPS) is 11.2. The van der Waals surface area contributed by atoms with Crippen molar-refractivity contribution in [2.45, 2.75) is 18.4 Å². The first kappa shape index (κ1) is 18.7. The molecule has 3 aromatic rings. The molecule has 0 aliphatic rings. The summed E-state index contributed by atoms with van der Waals surface area (Å²) in [5, 5.41) is 3.74. The van der Waals surface area contributed by atoms with Gasteiger partial charge in [-0.1, -0.05) is 29.4 Å². The van der Waals surface area contributed by atoms with Crippen LogP contribution >= 0.6 is 0 Å². The highest BCUT2D eigenvalue weighted by Gasteiger charge is 2.22. The van der Waals surface area contributed by atoms with Gasteiger partial charge in [-0.2, -0.15) is 0 Å². The Bertz CT molecular complexity index is 1040. The van der Waals surface area contributed by atoms with E-state index >= 15 is 0 Å². The lowest BCUT2D eigenvalue weighted by atomic mass is 10.2. The fourth-order valence-corrected chi connectivity index (χ4v) is 3.67. The number of esters is 1.